The molecular formula is C26H30N2O2. The van der Waals surface area contributed by atoms with Gasteiger partial charge in [-0.15, -0.1) is 0 Å². The van der Waals surface area contributed by atoms with Gasteiger partial charge < -0.3 is 10.6 Å². The highest BCUT2D eigenvalue weighted by Gasteiger charge is 2.62. The molecule has 4 heteroatoms. The van der Waals surface area contributed by atoms with Gasteiger partial charge in [0.15, 0.2) is 0 Å². The Bertz CT molecular complexity index is 837. The maximum atomic E-state index is 13.4. The monoisotopic (exact) mass is 402 g/mol. The summed E-state index contributed by atoms with van der Waals surface area (Å²) in [5.74, 6) is 1.30. The van der Waals surface area contributed by atoms with Crippen LogP contribution in [0.1, 0.15) is 49.7 Å². The van der Waals surface area contributed by atoms with Crippen molar-refractivity contribution in [2.24, 2.45) is 22.7 Å². The zero-order valence-corrected chi connectivity index (χ0v) is 17.4. The molecule has 0 saturated heterocycles. The first-order valence-corrected chi connectivity index (χ1v) is 11.2. The maximum Gasteiger partial charge on any atom is 0.226 e. The third-order valence-corrected chi connectivity index (χ3v) is 7.62. The van der Waals surface area contributed by atoms with E-state index in [4.69, 9.17) is 0 Å². The lowest BCUT2D eigenvalue weighted by atomic mass is 9.43. The second kappa shape index (κ2) is 7.57. The molecule has 2 amide bonds. The fraction of sp³-hybridized carbons (Fsp3) is 0.462. The van der Waals surface area contributed by atoms with Crippen LogP contribution in [-0.4, -0.2) is 11.8 Å². The summed E-state index contributed by atoms with van der Waals surface area (Å²) in [6.07, 6.45) is 5.65. The molecule has 4 bridgehead atoms. The Balaban J connectivity index is 1.30. The zero-order chi connectivity index (χ0) is 20.6. The number of amides is 2. The second-order valence-corrected chi connectivity index (χ2v) is 9.86. The van der Waals surface area contributed by atoms with Crippen LogP contribution in [0.3, 0.4) is 0 Å². The van der Waals surface area contributed by atoms with Crippen molar-refractivity contribution in [1.82, 2.24) is 10.6 Å². The lowest BCUT2D eigenvalue weighted by Crippen LogP contribution is -2.61. The van der Waals surface area contributed by atoms with E-state index in [-0.39, 0.29) is 22.6 Å². The average molecular weight is 403 g/mol. The number of carbonyl (C=O) groups is 2. The second-order valence-electron chi connectivity index (χ2n) is 9.86. The van der Waals surface area contributed by atoms with Gasteiger partial charge in [0.25, 0.3) is 0 Å². The van der Waals surface area contributed by atoms with Crippen LogP contribution in [0.25, 0.3) is 0 Å². The van der Waals surface area contributed by atoms with Crippen molar-refractivity contribution in [2.75, 3.05) is 0 Å². The highest BCUT2D eigenvalue weighted by atomic mass is 16.2. The third-order valence-electron chi connectivity index (χ3n) is 7.62. The molecule has 2 N–H and O–H groups in total. The standard InChI is InChI=1S/C26H30N2O2/c29-23(27-16-19-7-3-1-4-8-19)25-12-21-11-22(13-25)15-26(14-21,18-25)24(30)28-17-20-9-5-2-6-10-20/h1-10,21-22H,11-18H2,(H,27,29)(H,28,30). The normalized spacial score (nSPS) is 31.3. The summed E-state index contributed by atoms with van der Waals surface area (Å²) >= 11 is 0. The zero-order valence-electron chi connectivity index (χ0n) is 17.4. The minimum atomic E-state index is -0.372. The van der Waals surface area contributed by atoms with E-state index in [1.54, 1.807) is 0 Å². The number of carbonyl (C=O) groups excluding carboxylic acids is 2. The quantitative estimate of drug-likeness (QED) is 0.761. The Kier molecular flexibility index (Phi) is 4.88. The topological polar surface area (TPSA) is 58.2 Å². The molecule has 156 valence electrons. The van der Waals surface area contributed by atoms with Gasteiger partial charge in [-0.3, -0.25) is 9.59 Å². The minimum absolute atomic E-state index is 0.153. The molecular weight excluding hydrogens is 372 g/mol. The van der Waals surface area contributed by atoms with E-state index in [9.17, 15) is 9.59 Å². The highest BCUT2D eigenvalue weighted by Crippen LogP contribution is 2.65. The molecule has 0 unspecified atom stereocenters. The fourth-order valence-electron chi connectivity index (χ4n) is 6.73. The molecule has 0 atom stereocenters. The third kappa shape index (κ3) is 3.53. The van der Waals surface area contributed by atoms with Crippen LogP contribution in [0.2, 0.25) is 0 Å². The van der Waals surface area contributed by atoms with Crippen LogP contribution >= 0.6 is 0 Å². The van der Waals surface area contributed by atoms with E-state index in [1.165, 1.54) is 6.42 Å². The number of rotatable bonds is 6. The first kappa shape index (κ1) is 19.3. The molecule has 2 aromatic carbocycles. The smallest absolute Gasteiger partial charge is 0.226 e. The molecule has 4 saturated carbocycles. The Morgan fingerprint density at radius 1 is 0.700 bits per heavy atom. The van der Waals surface area contributed by atoms with E-state index in [1.807, 2.05) is 60.7 Å². The van der Waals surface area contributed by atoms with E-state index in [0.717, 1.165) is 36.8 Å². The average Bonchev–Trinajstić information content (AvgIpc) is 2.76. The first-order chi connectivity index (χ1) is 14.6. The number of hydrogen-bond donors (Lipinski definition) is 2. The van der Waals surface area contributed by atoms with Gasteiger partial charge in [-0.1, -0.05) is 60.7 Å². The fourth-order valence-corrected chi connectivity index (χ4v) is 6.73. The van der Waals surface area contributed by atoms with Gasteiger partial charge in [0, 0.05) is 13.1 Å². The van der Waals surface area contributed by atoms with Crippen molar-refractivity contribution >= 4 is 11.8 Å². The van der Waals surface area contributed by atoms with Crippen LogP contribution in [0.4, 0.5) is 0 Å². The summed E-state index contributed by atoms with van der Waals surface area (Å²) in [5, 5.41) is 6.40. The van der Waals surface area contributed by atoms with Crippen molar-refractivity contribution in [1.29, 1.82) is 0 Å². The van der Waals surface area contributed by atoms with Gasteiger partial charge in [-0.2, -0.15) is 0 Å². The first-order valence-electron chi connectivity index (χ1n) is 11.2. The van der Waals surface area contributed by atoms with Crippen LogP contribution in [0.5, 0.6) is 0 Å². The number of nitrogens with one attached hydrogen (secondary N) is 2. The molecule has 4 nitrogen and oxygen atoms in total. The molecule has 0 aliphatic heterocycles. The molecule has 2 aromatic rings. The lowest BCUT2D eigenvalue weighted by Gasteiger charge is -2.60. The molecule has 0 radical (unpaired) electrons. The number of hydrogen-bond acceptors (Lipinski definition) is 2. The predicted molar refractivity (Wildman–Crippen MR) is 116 cm³/mol. The molecule has 30 heavy (non-hydrogen) atoms. The largest absolute Gasteiger partial charge is 0.352 e. The van der Waals surface area contributed by atoms with Crippen LogP contribution in [0, 0.1) is 22.7 Å². The van der Waals surface area contributed by atoms with Crippen molar-refractivity contribution in [2.45, 2.75) is 51.6 Å². The Morgan fingerprint density at radius 3 is 1.50 bits per heavy atom. The van der Waals surface area contributed by atoms with Gasteiger partial charge in [0.05, 0.1) is 10.8 Å². The summed E-state index contributed by atoms with van der Waals surface area (Å²) in [6, 6.07) is 20.1. The van der Waals surface area contributed by atoms with E-state index >= 15 is 0 Å². The van der Waals surface area contributed by atoms with Gasteiger partial charge in [-0.05, 0) is 61.5 Å². The lowest BCUT2D eigenvalue weighted by molar-refractivity contribution is -0.167. The van der Waals surface area contributed by atoms with Crippen LogP contribution in [0.15, 0.2) is 60.7 Å². The summed E-state index contributed by atoms with van der Waals surface area (Å²) in [7, 11) is 0. The SMILES string of the molecule is O=C(NCc1ccccc1)C12CC3CC(C1)CC(C(=O)NCc1ccccc1)(C3)C2. The number of benzene rings is 2. The Hall–Kier alpha value is -2.62. The van der Waals surface area contributed by atoms with Gasteiger partial charge >= 0.3 is 0 Å². The van der Waals surface area contributed by atoms with Crippen molar-refractivity contribution < 1.29 is 9.59 Å². The highest BCUT2D eigenvalue weighted by molar-refractivity contribution is 5.88. The Morgan fingerprint density at radius 2 is 1.10 bits per heavy atom. The Labute approximate surface area is 178 Å². The van der Waals surface area contributed by atoms with Crippen molar-refractivity contribution in [3.8, 4) is 0 Å². The van der Waals surface area contributed by atoms with Gasteiger partial charge in [-0.25, -0.2) is 0 Å². The summed E-state index contributed by atoms with van der Waals surface area (Å²) in [5.41, 5.74) is 1.49. The summed E-state index contributed by atoms with van der Waals surface area (Å²) in [4.78, 5) is 26.7. The van der Waals surface area contributed by atoms with Crippen molar-refractivity contribution in [3.63, 3.8) is 0 Å². The minimum Gasteiger partial charge on any atom is -0.352 e. The molecule has 0 aromatic heterocycles. The molecule has 4 aliphatic rings. The van der Waals surface area contributed by atoms with Crippen molar-refractivity contribution in [3.05, 3.63) is 71.8 Å². The molecule has 0 heterocycles. The van der Waals surface area contributed by atoms with Crippen LogP contribution < -0.4 is 10.6 Å². The molecule has 6 rings (SSSR count). The molecule has 4 fully saturated rings. The van der Waals surface area contributed by atoms with Gasteiger partial charge in [0.1, 0.15) is 0 Å². The van der Waals surface area contributed by atoms with Crippen LogP contribution in [-0.2, 0) is 22.7 Å². The van der Waals surface area contributed by atoms with E-state index in [0.29, 0.717) is 31.3 Å². The summed E-state index contributed by atoms with van der Waals surface area (Å²) < 4.78 is 0. The van der Waals surface area contributed by atoms with E-state index < -0.39 is 0 Å². The van der Waals surface area contributed by atoms with E-state index in [2.05, 4.69) is 10.6 Å². The van der Waals surface area contributed by atoms with Gasteiger partial charge in [0.2, 0.25) is 11.8 Å². The predicted octanol–water partition coefficient (Wildman–Crippen LogP) is 4.21. The maximum absolute atomic E-state index is 13.4. The molecule has 0 spiro atoms. The summed E-state index contributed by atoms with van der Waals surface area (Å²) in [6.45, 7) is 1.12. The molecule has 4 aliphatic carbocycles.